The summed E-state index contributed by atoms with van der Waals surface area (Å²) in [6, 6.07) is 15.3. The standard InChI is InChI=1S/C16H10ClNO3/c17-12-8-4-7-11-9-13(16(20)21-14(11)12)18-15(19)10-5-2-1-3-6-10/h1-9H,(H,18,19). The maximum absolute atomic E-state index is 12.1. The molecule has 104 valence electrons. The van der Waals surface area contributed by atoms with Crippen LogP contribution in [0.4, 0.5) is 5.69 Å². The molecule has 0 bridgehead atoms. The zero-order chi connectivity index (χ0) is 14.8. The lowest BCUT2D eigenvalue weighted by molar-refractivity contribution is 0.102. The molecule has 0 saturated carbocycles. The Kier molecular flexibility index (Phi) is 3.46. The third kappa shape index (κ3) is 2.66. The van der Waals surface area contributed by atoms with Gasteiger partial charge in [-0.3, -0.25) is 4.79 Å². The first-order valence-corrected chi connectivity index (χ1v) is 6.62. The van der Waals surface area contributed by atoms with E-state index in [4.69, 9.17) is 16.0 Å². The fourth-order valence-electron chi connectivity index (χ4n) is 1.98. The lowest BCUT2D eigenvalue weighted by Crippen LogP contribution is -2.17. The maximum atomic E-state index is 12.1. The molecule has 0 atom stereocenters. The number of nitrogens with one attached hydrogen (secondary N) is 1. The van der Waals surface area contributed by atoms with Gasteiger partial charge in [-0.05, 0) is 24.3 Å². The largest absolute Gasteiger partial charge is 0.420 e. The first-order valence-electron chi connectivity index (χ1n) is 6.24. The third-order valence-electron chi connectivity index (χ3n) is 3.00. The zero-order valence-corrected chi connectivity index (χ0v) is 11.6. The van der Waals surface area contributed by atoms with Crippen molar-refractivity contribution in [2.45, 2.75) is 0 Å². The topological polar surface area (TPSA) is 59.3 Å². The zero-order valence-electron chi connectivity index (χ0n) is 10.8. The highest BCUT2D eigenvalue weighted by Crippen LogP contribution is 2.23. The number of hydrogen-bond acceptors (Lipinski definition) is 3. The van der Waals surface area contributed by atoms with Crippen molar-refractivity contribution in [2.75, 3.05) is 5.32 Å². The van der Waals surface area contributed by atoms with Gasteiger partial charge in [0.2, 0.25) is 0 Å². The molecule has 0 radical (unpaired) electrons. The number of benzene rings is 2. The van der Waals surface area contributed by atoms with E-state index in [1.54, 1.807) is 48.5 Å². The third-order valence-corrected chi connectivity index (χ3v) is 3.29. The monoisotopic (exact) mass is 299 g/mol. The highest BCUT2D eigenvalue weighted by Gasteiger charge is 2.11. The van der Waals surface area contributed by atoms with Crippen molar-refractivity contribution in [3.63, 3.8) is 0 Å². The molecule has 1 heterocycles. The molecule has 4 nitrogen and oxygen atoms in total. The molecule has 0 spiro atoms. The van der Waals surface area contributed by atoms with Gasteiger partial charge in [-0.25, -0.2) is 4.79 Å². The second kappa shape index (κ2) is 5.42. The van der Waals surface area contributed by atoms with Gasteiger partial charge in [0, 0.05) is 10.9 Å². The fourth-order valence-corrected chi connectivity index (χ4v) is 2.20. The van der Waals surface area contributed by atoms with Crippen LogP contribution < -0.4 is 10.9 Å². The normalized spacial score (nSPS) is 10.5. The van der Waals surface area contributed by atoms with Crippen LogP contribution in [-0.4, -0.2) is 5.91 Å². The SMILES string of the molecule is O=C(Nc1cc2cccc(Cl)c2oc1=O)c1ccccc1. The molecular formula is C16H10ClNO3. The highest BCUT2D eigenvalue weighted by molar-refractivity contribution is 6.34. The summed E-state index contributed by atoms with van der Waals surface area (Å²) in [7, 11) is 0. The van der Waals surface area contributed by atoms with Crippen molar-refractivity contribution in [2.24, 2.45) is 0 Å². The van der Waals surface area contributed by atoms with Gasteiger partial charge in [0.1, 0.15) is 5.69 Å². The Morgan fingerprint density at radius 3 is 2.57 bits per heavy atom. The minimum Gasteiger partial charge on any atom is -0.420 e. The molecule has 0 aliphatic heterocycles. The predicted octanol–water partition coefficient (Wildman–Crippen LogP) is 3.70. The summed E-state index contributed by atoms with van der Waals surface area (Å²) in [4.78, 5) is 24.0. The van der Waals surface area contributed by atoms with Crippen LogP contribution >= 0.6 is 11.6 Å². The van der Waals surface area contributed by atoms with E-state index in [9.17, 15) is 9.59 Å². The van der Waals surface area contributed by atoms with Crippen LogP contribution in [0.2, 0.25) is 5.02 Å². The second-order valence-electron chi connectivity index (χ2n) is 4.43. The number of amides is 1. The van der Waals surface area contributed by atoms with E-state index in [1.165, 1.54) is 0 Å². The number of rotatable bonds is 2. The van der Waals surface area contributed by atoms with Crippen molar-refractivity contribution in [3.8, 4) is 0 Å². The molecule has 0 unspecified atom stereocenters. The van der Waals surface area contributed by atoms with Crippen LogP contribution in [0.5, 0.6) is 0 Å². The van der Waals surface area contributed by atoms with Gasteiger partial charge in [-0.1, -0.05) is 41.9 Å². The minimum absolute atomic E-state index is 0.0821. The van der Waals surface area contributed by atoms with Crippen LogP contribution in [0.1, 0.15) is 10.4 Å². The summed E-state index contributed by atoms with van der Waals surface area (Å²) in [6.45, 7) is 0. The first kappa shape index (κ1) is 13.4. The number of para-hydroxylation sites is 1. The Balaban J connectivity index is 2.00. The second-order valence-corrected chi connectivity index (χ2v) is 4.83. The van der Waals surface area contributed by atoms with Crippen molar-refractivity contribution in [1.82, 2.24) is 0 Å². The summed E-state index contributed by atoms with van der Waals surface area (Å²) < 4.78 is 5.16. The van der Waals surface area contributed by atoms with Crippen molar-refractivity contribution in [1.29, 1.82) is 0 Å². The van der Waals surface area contributed by atoms with E-state index < -0.39 is 5.63 Å². The van der Waals surface area contributed by atoms with E-state index in [0.29, 0.717) is 21.6 Å². The summed E-state index contributed by atoms with van der Waals surface area (Å²) in [5.74, 6) is -0.371. The van der Waals surface area contributed by atoms with Crippen molar-refractivity contribution in [3.05, 3.63) is 75.6 Å². The quantitative estimate of drug-likeness (QED) is 0.734. The number of halogens is 1. The molecule has 3 aromatic rings. The van der Waals surface area contributed by atoms with Crippen LogP contribution in [0, 0.1) is 0 Å². The van der Waals surface area contributed by atoms with Crippen LogP contribution in [-0.2, 0) is 0 Å². The van der Waals surface area contributed by atoms with Gasteiger partial charge < -0.3 is 9.73 Å². The first-order chi connectivity index (χ1) is 10.1. The van der Waals surface area contributed by atoms with Crippen LogP contribution in [0.15, 0.2) is 63.8 Å². The Morgan fingerprint density at radius 1 is 1.05 bits per heavy atom. The van der Waals surface area contributed by atoms with E-state index in [1.807, 2.05) is 6.07 Å². The van der Waals surface area contributed by atoms with Gasteiger partial charge in [0.05, 0.1) is 5.02 Å². The Bertz CT molecular complexity index is 872. The number of hydrogen-bond donors (Lipinski definition) is 1. The molecule has 0 aliphatic rings. The number of anilines is 1. The summed E-state index contributed by atoms with van der Waals surface area (Å²) >= 11 is 5.96. The van der Waals surface area contributed by atoms with E-state index in [0.717, 1.165) is 0 Å². The molecule has 1 amide bonds. The van der Waals surface area contributed by atoms with Gasteiger partial charge in [-0.15, -0.1) is 0 Å². The summed E-state index contributed by atoms with van der Waals surface area (Å²) in [5.41, 5.74) is 0.212. The Hall–Kier alpha value is -2.59. The molecule has 0 saturated heterocycles. The molecular weight excluding hydrogens is 290 g/mol. The van der Waals surface area contributed by atoms with E-state index in [2.05, 4.69) is 5.32 Å². The van der Waals surface area contributed by atoms with Gasteiger partial charge >= 0.3 is 5.63 Å². The van der Waals surface area contributed by atoms with Crippen LogP contribution in [0.3, 0.4) is 0 Å². The number of carbonyl (C=O) groups is 1. The average molecular weight is 300 g/mol. The van der Waals surface area contributed by atoms with E-state index >= 15 is 0 Å². The van der Waals surface area contributed by atoms with Gasteiger partial charge in [-0.2, -0.15) is 0 Å². The molecule has 0 fully saturated rings. The number of carbonyl (C=O) groups excluding carboxylic acids is 1. The van der Waals surface area contributed by atoms with Crippen LogP contribution in [0.25, 0.3) is 11.0 Å². The minimum atomic E-state index is -0.639. The molecule has 2 aromatic carbocycles. The van der Waals surface area contributed by atoms with Gasteiger partial charge in [0.25, 0.3) is 5.91 Å². The molecule has 3 rings (SSSR count). The fraction of sp³-hybridized carbons (Fsp3) is 0. The predicted molar refractivity (Wildman–Crippen MR) is 81.9 cm³/mol. The summed E-state index contributed by atoms with van der Waals surface area (Å²) in [6.07, 6.45) is 0. The molecule has 21 heavy (non-hydrogen) atoms. The average Bonchev–Trinajstić information content (AvgIpc) is 2.50. The molecule has 1 aromatic heterocycles. The van der Waals surface area contributed by atoms with Crippen molar-refractivity contribution < 1.29 is 9.21 Å². The van der Waals surface area contributed by atoms with Crippen molar-refractivity contribution >= 4 is 34.2 Å². The lowest BCUT2D eigenvalue weighted by Gasteiger charge is -2.05. The Morgan fingerprint density at radius 2 is 1.81 bits per heavy atom. The number of fused-ring (bicyclic) bond motifs is 1. The Labute approximate surface area is 125 Å². The highest BCUT2D eigenvalue weighted by atomic mass is 35.5. The molecule has 0 aliphatic carbocycles. The van der Waals surface area contributed by atoms with E-state index in [-0.39, 0.29) is 11.6 Å². The summed E-state index contributed by atoms with van der Waals surface area (Å²) in [5, 5.41) is 3.55. The molecule has 5 heteroatoms. The molecule has 1 N–H and O–H groups in total. The van der Waals surface area contributed by atoms with Gasteiger partial charge in [0.15, 0.2) is 5.58 Å². The maximum Gasteiger partial charge on any atom is 0.360 e. The lowest BCUT2D eigenvalue weighted by atomic mass is 10.2. The smallest absolute Gasteiger partial charge is 0.360 e.